The molecule has 2 rings (SSSR count). The molecule has 2 N–H and O–H groups in total. The summed E-state index contributed by atoms with van der Waals surface area (Å²) in [5.74, 6) is -0.627. The van der Waals surface area contributed by atoms with Gasteiger partial charge >= 0.3 is 0 Å². The van der Waals surface area contributed by atoms with Gasteiger partial charge in [-0.05, 0) is 46.6 Å². The second-order valence-corrected chi connectivity index (χ2v) is 5.17. The van der Waals surface area contributed by atoms with Crippen LogP contribution in [0.15, 0.2) is 46.9 Å². The van der Waals surface area contributed by atoms with Crippen LogP contribution in [0.2, 0.25) is 0 Å². The number of aryl methyl sites for hydroxylation is 1. The Balaban J connectivity index is 1.98. The van der Waals surface area contributed by atoms with Crippen molar-refractivity contribution in [1.82, 2.24) is 0 Å². The van der Waals surface area contributed by atoms with E-state index in [1.807, 2.05) is 31.2 Å². The lowest BCUT2D eigenvalue weighted by Gasteiger charge is -2.11. The number of hydrogen-bond acceptors (Lipinski definition) is 2. The molecular weight excluding hydrogens is 323 g/mol. The molecule has 2 aromatic rings. The highest BCUT2D eigenvalue weighted by Gasteiger charge is 2.09. The molecule has 0 aliphatic heterocycles. The smallest absolute Gasteiger partial charge is 0.243 e. The summed E-state index contributed by atoms with van der Waals surface area (Å²) in [7, 11) is 0. The van der Waals surface area contributed by atoms with Gasteiger partial charge in [0.2, 0.25) is 5.91 Å². The zero-order valence-electron chi connectivity index (χ0n) is 10.9. The minimum Gasteiger partial charge on any atom is -0.373 e. The minimum absolute atomic E-state index is 0.00608. The highest BCUT2D eigenvalue weighted by Crippen LogP contribution is 2.24. The van der Waals surface area contributed by atoms with Crippen molar-refractivity contribution in [1.29, 1.82) is 0 Å². The number of amides is 1. The summed E-state index contributed by atoms with van der Waals surface area (Å²) < 4.78 is 14.2. The Bertz CT molecular complexity index is 611. The largest absolute Gasteiger partial charge is 0.373 e. The monoisotopic (exact) mass is 336 g/mol. The first kappa shape index (κ1) is 14.5. The first-order chi connectivity index (χ1) is 9.58. The summed E-state index contributed by atoms with van der Waals surface area (Å²) in [5.41, 5.74) is 2.02. The lowest BCUT2D eigenvalue weighted by molar-refractivity contribution is -0.114. The Morgan fingerprint density at radius 3 is 2.65 bits per heavy atom. The molecule has 0 unspecified atom stereocenters. The van der Waals surface area contributed by atoms with Crippen molar-refractivity contribution in [3.05, 3.63) is 58.3 Å². The third-order valence-electron chi connectivity index (χ3n) is 2.81. The van der Waals surface area contributed by atoms with Crippen LogP contribution < -0.4 is 10.6 Å². The number of halogens is 2. The average molecular weight is 337 g/mol. The number of carbonyl (C=O) groups excluding carboxylic acids is 1. The summed E-state index contributed by atoms with van der Waals surface area (Å²) in [6.45, 7) is 1.91. The fraction of sp³-hybridized carbons (Fsp3) is 0.133. The number of para-hydroxylation sites is 2. The number of nitrogens with one attached hydrogen (secondary N) is 2. The van der Waals surface area contributed by atoms with E-state index >= 15 is 0 Å². The minimum atomic E-state index is -0.400. The molecule has 0 fully saturated rings. The van der Waals surface area contributed by atoms with Gasteiger partial charge < -0.3 is 10.6 Å². The molecule has 20 heavy (non-hydrogen) atoms. The number of hydrogen-bond donors (Lipinski definition) is 2. The molecule has 0 radical (unpaired) electrons. The fourth-order valence-corrected chi connectivity index (χ4v) is 2.23. The molecule has 0 spiro atoms. The van der Waals surface area contributed by atoms with E-state index in [2.05, 4.69) is 26.6 Å². The van der Waals surface area contributed by atoms with Crippen LogP contribution in [0.4, 0.5) is 15.8 Å². The maximum Gasteiger partial charge on any atom is 0.243 e. The van der Waals surface area contributed by atoms with Gasteiger partial charge in [-0.15, -0.1) is 0 Å². The molecule has 2 aromatic carbocycles. The molecule has 0 aromatic heterocycles. The van der Waals surface area contributed by atoms with Crippen LogP contribution in [0.5, 0.6) is 0 Å². The van der Waals surface area contributed by atoms with E-state index in [0.717, 1.165) is 11.3 Å². The third-order valence-corrected chi connectivity index (χ3v) is 3.47. The van der Waals surface area contributed by atoms with E-state index in [9.17, 15) is 9.18 Å². The van der Waals surface area contributed by atoms with Gasteiger partial charge in [-0.25, -0.2) is 4.39 Å². The van der Waals surface area contributed by atoms with E-state index < -0.39 is 5.82 Å². The zero-order chi connectivity index (χ0) is 14.5. The van der Waals surface area contributed by atoms with Crippen molar-refractivity contribution in [3.8, 4) is 0 Å². The predicted octanol–water partition coefficient (Wildman–Crippen LogP) is 3.95. The molecule has 0 saturated carbocycles. The van der Waals surface area contributed by atoms with Crippen molar-refractivity contribution in [2.24, 2.45) is 0 Å². The quantitative estimate of drug-likeness (QED) is 0.887. The first-order valence-electron chi connectivity index (χ1n) is 6.11. The first-order valence-corrected chi connectivity index (χ1v) is 6.90. The lowest BCUT2D eigenvalue weighted by atomic mass is 10.2. The Morgan fingerprint density at radius 1 is 1.20 bits per heavy atom. The second kappa shape index (κ2) is 6.52. The maximum absolute atomic E-state index is 13.6. The van der Waals surface area contributed by atoms with Crippen LogP contribution in [-0.4, -0.2) is 12.5 Å². The van der Waals surface area contributed by atoms with E-state index in [4.69, 9.17) is 0 Å². The molecule has 0 aliphatic carbocycles. The summed E-state index contributed by atoms with van der Waals surface area (Å²) >= 11 is 3.24. The molecular formula is C15H14BrFN2O. The Hall–Kier alpha value is -1.88. The summed E-state index contributed by atoms with van der Waals surface area (Å²) in [5, 5.41) is 5.57. The van der Waals surface area contributed by atoms with Crippen LogP contribution in [-0.2, 0) is 4.79 Å². The topological polar surface area (TPSA) is 41.1 Å². The second-order valence-electron chi connectivity index (χ2n) is 4.31. The van der Waals surface area contributed by atoms with Gasteiger partial charge in [0.15, 0.2) is 0 Å². The van der Waals surface area contributed by atoms with Gasteiger partial charge in [0.25, 0.3) is 0 Å². The number of anilines is 2. The third kappa shape index (κ3) is 3.57. The molecule has 0 saturated heterocycles. The summed E-state index contributed by atoms with van der Waals surface area (Å²) in [6.07, 6.45) is 0. The highest BCUT2D eigenvalue weighted by atomic mass is 79.9. The molecule has 5 heteroatoms. The highest BCUT2D eigenvalue weighted by molar-refractivity contribution is 9.10. The van der Waals surface area contributed by atoms with E-state index in [-0.39, 0.29) is 18.1 Å². The van der Waals surface area contributed by atoms with Crippen LogP contribution in [0.3, 0.4) is 0 Å². The van der Waals surface area contributed by atoms with Gasteiger partial charge in [-0.1, -0.05) is 24.3 Å². The molecule has 0 atom stereocenters. The van der Waals surface area contributed by atoms with Crippen molar-refractivity contribution < 1.29 is 9.18 Å². The predicted molar refractivity (Wildman–Crippen MR) is 82.4 cm³/mol. The van der Waals surface area contributed by atoms with Crippen LogP contribution in [0, 0.1) is 12.7 Å². The van der Waals surface area contributed by atoms with Gasteiger partial charge in [-0.2, -0.15) is 0 Å². The molecule has 1 amide bonds. The molecule has 3 nitrogen and oxygen atoms in total. The molecule has 0 aliphatic rings. The average Bonchev–Trinajstić information content (AvgIpc) is 2.41. The molecule has 0 heterocycles. The van der Waals surface area contributed by atoms with Crippen molar-refractivity contribution in [2.45, 2.75) is 6.92 Å². The summed E-state index contributed by atoms with van der Waals surface area (Å²) in [4.78, 5) is 11.8. The van der Waals surface area contributed by atoms with Gasteiger partial charge in [-0.3, -0.25) is 4.79 Å². The van der Waals surface area contributed by atoms with Crippen molar-refractivity contribution in [2.75, 3.05) is 17.2 Å². The molecule has 0 bridgehead atoms. The van der Waals surface area contributed by atoms with Gasteiger partial charge in [0, 0.05) is 10.2 Å². The number of benzene rings is 2. The summed E-state index contributed by atoms with van der Waals surface area (Å²) in [6, 6.07) is 12.1. The SMILES string of the molecule is Cc1ccccc1NC(=O)CNc1c(F)cccc1Br. The van der Waals surface area contributed by atoms with E-state index in [1.165, 1.54) is 6.07 Å². The van der Waals surface area contributed by atoms with Crippen molar-refractivity contribution >= 4 is 33.2 Å². The lowest BCUT2D eigenvalue weighted by Crippen LogP contribution is -2.22. The standard InChI is InChI=1S/C15H14BrFN2O/c1-10-5-2-3-8-13(10)19-14(20)9-18-15-11(16)6-4-7-12(15)17/h2-8,18H,9H2,1H3,(H,19,20). The zero-order valence-corrected chi connectivity index (χ0v) is 12.5. The van der Waals surface area contributed by atoms with Crippen LogP contribution in [0.1, 0.15) is 5.56 Å². The van der Waals surface area contributed by atoms with Gasteiger partial charge in [0.05, 0.1) is 12.2 Å². The Kier molecular flexibility index (Phi) is 4.74. The Morgan fingerprint density at radius 2 is 1.95 bits per heavy atom. The van der Waals surface area contributed by atoms with E-state index in [0.29, 0.717) is 4.47 Å². The van der Waals surface area contributed by atoms with Crippen molar-refractivity contribution in [3.63, 3.8) is 0 Å². The van der Waals surface area contributed by atoms with Gasteiger partial charge in [0.1, 0.15) is 5.82 Å². The number of carbonyl (C=O) groups is 1. The van der Waals surface area contributed by atoms with Crippen LogP contribution in [0.25, 0.3) is 0 Å². The van der Waals surface area contributed by atoms with E-state index in [1.54, 1.807) is 12.1 Å². The normalized spacial score (nSPS) is 10.2. The van der Waals surface area contributed by atoms with Crippen LogP contribution >= 0.6 is 15.9 Å². The molecule has 104 valence electrons. The Labute approximate surface area is 125 Å². The maximum atomic E-state index is 13.6. The fourth-order valence-electron chi connectivity index (χ4n) is 1.74. The number of rotatable bonds is 4.